The quantitative estimate of drug-likeness (QED) is 0.188. The number of imidazole rings is 1. The van der Waals surface area contributed by atoms with Crippen molar-refractivity contribution in [3.05, 3.63) is 84.4 Å². The summed E-state index contributed by atoms with van der Waals surface area (Å²) in [6.45, 7) is 8.01. The van der Waals surface area contributed by atoms with Crippen LogP contribution in [0.3, 0.4) is 0 Å². The molecule has 1 aliphatic rings. The van der Waals surface area contributed by atoms with E-state index in [-0.39, 0.29) is 24.6 Å². The molecule has 5 N–H and O–H groups in total. The Kier molecular flexibility index (Phi) is 9.69. The van der Waals surface area contributed by atoms with Crippen molar-refractivity contribution in [2.24, 2.45) is 11.7 Å². The third-order valence-electron chi connectivity index (χ3n) is 8.41. The van der Waals surface area contributed by atoms with Gasteiger partial charge in [0.2, 0.25) is 17.7 Å². The van der Waals surface area contributed by atoms with E-state index in [1.165, 1.54) is 13.3 Å². The third kappa shape index (κ3) is 8.00. The van der Waals surface area contributed by atoms with Crippen LogP contribution in [0.2, 0.25) is 0 Å². The molecule has 5 rings (SSSR count). The zero-order valence-corrected chi connectivity index (χ0v) is 27.3. The maximum absolute atomic E-state index is 14.0. The standard InChI is InChI=1S/C35H43N7O5/c1-34(2,3)47-33(46)40-35(4,32(36)45)19-24(18-25-20-37-27-15-9-8-14-26(25)27)30(43)39-28-21-42(22-38-28)29(23-12-6-5-7-13-23)31(44)41-16-10-11-17-41/h5-9,12-15,20-22,24,29,37H,10-11,16-19H2,1-4H3,(H2,36,45)(H,39,43)(H,40,46)/t24-,29?,35?/m1/s1. The summed E-state index contributed by atoms with van der Waals surface area (Å²) in [5.74, 6) is -1.86. The number of aromatic nitrogens is 3. The van der Waals surface area contributed by atoms with Crippen LogP contribution in [-0.2, 0) is 25.5 Å². The molecule has 12 heteroatoms. The number of carbonyl (C=O) groups excluding carboxylic acids is 4. The van der Waals surface area contributed by atoms with Gasteiger partial charge in [0.15, 0.2) is 5.82 Å². The van der Waals surface area contributed by atoms with Crippen molar-refractivity contribution in [1.29, 1.82) is 0 Å². The Morgan fingerprint density at radius 1 is 1.00 bits per heavy atom. The fourth-order valence-corrected chi connectivity index (χ4v) is 6.02. The molecule has 2 aromatic carbocycles. The molecular weight excluding hydrogens is 598 g/mol. The fraction of sp³-hybridized carbons (Fsp3) is 0.400. The highest BCUT2D eigenvalue weighted by Gasteiger charge is 2.40. The lowest BCUT2D eigenvalue weighted by atomic mass is 9.84. The molecule has 1 aliphatic heterocycles. The van der Waals surface area contributed by atoms with E-state index in [1.807, 2.05) is 65.7 Å². The van der Waals surface area contributed by atoms with Crippen LogP contribution in [0.1, 0.15) is 64.1 Å². The lowest BCUT2D eigenvalue weighted by molar-refractivity contribution is -0.132. The van der Waals surface area contributed by atoms with Gasteiger partial charge >= 0.3 is 6.09 Å². The van der Waals surface area contributed by atoms with Gasteiger partial charge in [-0.2, -0.15) is 0 Å². The molecule has 4 amide bonds. The van der Waals surface area contributed by atoms with Gasteiger partial charge < -0.3 is 35.6 Å². The van der Waals surface area contributed by atoms with E-state index in [4.69, 9.17) is 10.5 Å². The van der Waals surface area contributed by atoms with E-state index >= 15 is 0 Å². The van der Waals surface area contributed by atoms with Crippen LogP contribution >= 0.6 is 0 Å². The van der Waals surface area contributed by atoms with Gasteiger partial charge in [0.05, 0.1) is 6.33 Å². The van der Waals surface area contributed by atoms with Crippen LogP contribution in [0.5, 0.6) is 0 Å². The smallest absolute Gasteiger partial charge is 0.408 e. The number of carbonyl (C=O) groups is 4. The monoisotopic (exact) mass is 641 g/mol. The Balaban J connectivity index is 1.42. The SMILES string of the molecule is CC(C)(C)OC(=O)NC(C)(C[C@@H](Cc1c[nH]c2ccccc12)C(=O)Nc1cn(C(C(=O)N2CCCC2)c2ccccc2)cn1)C(N)=O. The summed E-state index contributed by atoms with van der Waals surface area (Å²) < 4.78 is 7.10. The number of nitrogens with one attached hydrogen (secondary N) is 3. The first-order valence-electron chi connectivity index (χ1n) is 15.9. The molecule has 47 heavy (non-hydrogen) atoms. The summed E-state index contributed by atoms with van der Waals surface area (Å²) in [5.41, 5.74) is 5.96. The zero-order valence-electron chi connectivity index (χ0n) is 27.3. The summed E-state index contributed by atoms with van der Waals surface area (Å²) >= 11 is 0. The molecule has 0 aliphatic carbocycles. The van der Waals surface area contributed by atoms with E-state index in [9.17, 15) is 19.2 Å². The highest BCUT2D eigenvalue weighted by molar-refractivity contribution is 5.95. The van der Waals surface area contributed by atoms with Gasteiger partial charge in [-0.25, -0.2) is 9.78 Å². The Labute approximate surface area is 274 Å². The first kappa shape index (κ1) is 33.2. The number of rotatable bonds is 11. The summed E-state index contributed by atoms with van der Waals surface area (Å²) in [6, 6.07) is 16.5. The number of ether oxygens (including phenoxy) is 1. The molecule has 3 atom stereocenters. The van der Waals surface area contributed by atoms with Gasteiger partial charge in [-0.05, 0) is 70.6 Å². The molecule has 0 spiro atoms. The first-order chi connectivity index (χ1) is 22.3. The van der Waals surface area contributed by atoms with Gasteiger partial charge in [0.25, 0.3) is 0 Å². The molecule has 0 bridgehead atoms. The average molecular weight is 642 g/mol. The average Bonchev–Trinajstić information content (AvgIpc) is 3.79. The minimum absolute atomic E-state index is 0.0355. The lowest BCUT2D eigenvalue weighted by Gasteiger charge is -2.32. The highest BCUT2D eigenvalue weighted by Crippen LogP contribution is 2.28. The maximum Gasteiger partial charge on any atom is 0.408 e. The third-order valence-corrected chi connectivity index (χ3v) is 8.41. The number of likely N-dealkylation sites (tertiary alicyclic amines) is 1. The molecule has 1 fully saturated rings. The number of nitrogens with two attached hydrogens (primary N) is 1. The number of amides is 4. The minimum Gasteiger partial charge on any atom is -0.444 e. The molecule has 0 saturated carbocycles. The number of fused-ring (bicyclic) bond motifs is 1. The number of hydrogen-bond acceptors (Lipinski definition) is 6. The number of benzene rings is 2. The number of nitrogens with zero attached hydrogens (tertiary/aromatic N) is 3. The van der Waals surface area contributed by atoms with Crippen molar-refractivity contribution in [1.82, 2.24) is 24.8 Å². The Hall–Kier alpha value is -5.13. The highest BCUT2D eigenvalue weighted by atomic mass is 16.6. The summed E-state index contributed by atoms with van der Waals surface area (Å²) in [4.78, 5) is 62.8. The number of para-hydroxylation sites is 1. The molecular formula is C35H43N7O5. The van der Waals surface area contributed by atoms with Gasteiger partial charge in [0, 0.05) is 42.3 Å². The molecule has 1 saturated heterocycles. The van der Waals surface area contributed by atoms with Crippen molar-refractivity contribution in [3.8, 4) is 0 Å². The van der Waals surface area contributed by atoms with E-state index in [0.717, 1.165) is 34.9 Å². The van der Waals surface area contributed by atoms with Crippen LogP contribution in [-0.4, -0.2) is 67.5 Å². The largest absolute Gasteiger partial charge is 0.444 e. The predicted molar refractivity (Wildman–Crippen MR) is 178 cm³/mol. The Morgan fingerprint density at radius 3 is 2.36 bits per heavy atom. The van der Waals surface area contributed by atoms with Crippen molar-refractivity contribution >= 4 is 40.5 Å². The second-order valence-electron chi connectivity index (χ2n) is 13.3. The lowest BCUT2D eigenvalue weighted by Crippen LogP contribution is -2.58. The van der Waals surface area contributed by atoms with Crippen LogP contribution in [0.15, 0.2) is 73.3 Å². The molecule has 248 valence electrons. The summed E-state index contributed by atoms with van der Waals surface area (Å²) in [7, 11) is 0. The van der Waals surface area contributed by atoms with Crippen molar-refractivity contribution in [2.45, 2.75) is 70.6 Å². The van der Waals surface area contributed by atoms with Crippen molar-refractivity contribution in [2.75, 3.05) is 18.4 Å². The molecule has 2 aromatic heterocycles. The molecule has 4 aromatic rings. The maximum atomic E-state index is 14.0. The second kappa shape index (κ2) is 13.7. The summed E-state index contributed by atoms with van der Waals surface area (Å²) in [6.07, 6.45) is 6.22. The van der Waals surface area contributed by atoms with Crippen LogP contribution in [0, 0.1) is 5.92 Å². The topological polar surface area (TPSA) is 164 Å². The molecule has 0 radical (unpaired) electrons. The number of alkyl carbamates (subject to hydrolysis) is 1. The minimum atomic E-state index is -1.61. The van der Waals surface area contributed by atoms with Gasteiger partial charge in [0.1, 0.15) is 17.2 Å². The van der Waals surface area contributed by atoms with E-state index in [1.54, 1.807) is 31.5 Å². The van der Waals surface area contributed by atoms with Gasteiger partial charge in [-0.15, -0.1) is 0 Å². The normalized spacial score (nSPS) is 15.9. The van der Waals surface area contributed by atoms with Crippen molar-refractivity contribution < 1.29 is 23.9 Å². The fourth-order valence-electron chi connectivity index (χ4n) is 6.02. The number of hydrogen-bond donors (Lipinski definition) is 4. The Morgan fingerprint density at radius 2 is 1.68 bits per heavy atom. The van der Waals surface area contributed by atoms with Crippen LogP contribution in [0.4, 0.5) is 10.6 Å². The number of aromatic amines is 1. The summed E-state index contributed by atoms with van der Waals surface area (Å²) in [5, 5.41) is 6.43. The Bertz CT molecular complexity index is 1740. The number of H-pyrrole nitrogens is 1. The van der Waals surface area contributed by atoms with Gasteiger partial charge in [-0.3, -0.25) is 14.4 Å². The molecule has 3 heterocycles. The number of primary amides is 1. The van der Waals surface area contributed by atoms with E-state index < -0.39 is 41.0 Å². The van der Waals surface area contributed by atoms with Crippen molar-refractivity contribution in [3.63, 3.8) is 0 Å². The molecule has 12 nitrogen and oxygen atoms in total. The second-order valence-corrected chi connectivity index (χ2v) is 13.3. The van der Waals surface area contributed by atoms with Crippen LogP contribution < -0.4 is 16.4 Å². The number of anilines is 1. The first-order valence-corrected chi connectivity index (χ1v) is 15.9. The van der Waals surface area contributed by atoms with Crippen LogP contribution in [0.25, 0.3) is 10.9 Å². The van der Waals surface area contributed by atoms with E-state index in [2.05, 4.69) is 20.6 Å². The predicted octanol–water partition coefficient (Wildman–Crippen LogP) is 4.53. The van der Waals surface area contributed by atoms with Gasteiger partial charge in [-0.1, -0.05) is 48.5 Å². The molecule has 2 unspecified atom stereocenters. The van der Waals surface area contributed by atoms with E-state index in [0.29, 0.717) is 13.1 Å². The zero-order chi connectivity index (χ0) is 33.8.